The highest BCUT2D eigenvalue weighted by molar-refractivity contribution is 7.71. The number of aromatic nitrogens is 4. The van der Waals surface area contributed by atoms with E-state index < -0.39 is 18.4 Å². The zero-order chi connectivity index (χ0) is 27.1. The Balaban J connectivity index is 1.33. The molecule has 40 heavy (non-hydrogen) atoms. The van der Waals surface area contributed by atoms with Crippen molar-refractivity contribution in [1.82, 2.24) is 19.5 Å². The van der Waals surface area contributed by atoms with Crippen LogP contribution in [-0.4, -0.2) is 44.4 Å². The van der Waals surface area contributed by atoms with E-state index in [1.807, 2.05) is 95.6 Å². The Morgan fingerprint density at radius 3 is 1.90 bits per heavy atom. The van der Waals surface area contributed by atoms with Crippen molar-refractivity contribution in [2.24, 2.45) is 0 Å². The van der Waals surface area contributed by atoms with Gasteiger partial charge in [0.05, 0.1) is 39.1 Å². The van der Waals surface area contributed by atoms with E-state index in [1.54, 1.807) is 12.7 Å². The second-order valence-corrected chi connectivity index (χ2v) is 10.0. The molecule has 5 aromatic rings. The Hall–Kier alpha value is -3.73. The van der Waals surface area contributed by atoms with Crippen molar-refractivity contribution < 1.29 is 18.9 Å². The summed E-state index contributed by atoms with van der Waals surface area (Å²) in [5.41, 5.74) is 4.51. The minimum Gasteiger partial charge on any atom is -0.368 e. The number of rotatable bonds is 10. The summed E-state index contributed by atoms with van der Waals surface area (Å²) in [6, 6.07) is 30.3. The highest BCUT2D eigenvalue weighted by Crippen LogP contribution is 2.33. The van der Waals surface area contributed by atoms with Crippen molar-refractivity contribution in [2.45, 2.75) is 44.4 Å². The molecule has 1 aliphatic rings. The summed E-state index contributed by atoms with van der Waals surface area (Å²) in [4.78, 5) is 11.9. The molecule has 4 unspecified atom stereocenters. The smallest absolute Gasteiger partial charge is 0.165 e. The van der Waals surface area contributed by atoms with E-state index in [-0.39, 0.29) is 6.10 Å². The molecule has 4 atom stereocenters. The summed E-state index contributed by atoms with van der Waals surface area (Å²) < 4.78 is 28.5. The van der Waals surface area contributed by atoms with Gasteiger partial charge in [-0.25, -0.2) is 9.97 Å². The summed E-state index contributed by atoms with van der Waals surface area (Å²) >= 11 is 5.41. The first kappa shape index (κ1) is 26.5. The maximum absolute atomic E-state index is 6.63. The van der Waals surface area contributed by atoms with Crippen LogP contribution in [0.4, 0.5) is 0 Å². The van der Waals surface area contributed by atoms with Crippen molar-refractivity contribution in [3.63, 3.8) is 0 Å². The van der Waals surface area contributed by atoms with Crippen molar-refractivity contribution in [2.75, 3.05) is 6.61 Å². The lowest BCUT2D eigenvalue weighted by atomic mass is 10.0. The van der Waals surface area contributed by atoms with Gasteiger partial charge < -0.3 is 23.9 Å². The van der Waals surface area contributed by atoms with Crippen molar-refractivity contribution >= 4 is 23.4 Å². The molecule has 1 aliphatic heterocycles. The van der Waals surface area contributed by atoms with Gasteiger partial charge in [0.25, 0.3) is 0 Å². The molecule has 6 rings (SSSR count). The number of benzene rings is 3. The molecule has 0 aliphatic carbocycles. The molecule has 3 aromatic carbocycles. The van der Waals surface area contributed by atoms with Crippen molar-refractivity contribution in [1.29, 1.82) is 0 Å². The van der Waals surface area contributed by atoms with Crippen LogP contribution in [0.15, 0.2) is 104 Å². The molecule has 0 amide bonds. The largest absolute Gasteiger partial charge is 0.368 e. The third-order valence-corrected chi connectivity index (χ3v) is 7.23. The maximum Gasteiger partial charge on any atom is 0.165 e. The van der Waals surface area contributed by atoms with E-state index in [0.29, 0.717) is 42.2 Å². The number of H-pyrrole nitrogens is 1. The molecule has 204 valence electrons. The number of nitrogens with zero attached hydrogens (tertiary/aromatic N) is 3. The molecule has 1 saturated heterocycles. The standard InChI is InChI=1S/C31H30N4O4S/c40-30-26-29(32-20-33-30)35(21-34-26)31-28(38-18-24-14-8-3-9-15-24)27(37-17-23-12-6-2-7-13-23)25(19-39-31)36-16-22-10-4-1-5-11-22/h1-15,20-21,25,27-28,31H,16-19H2,(H,32,33,40). The second kappa shape index (κ2) is 12.6. The lowest BCUT2D eigenvalue weighted by Gasteiger charge is -2.42. The quantitative estimate of drug-likeness (QED) is 0.219. The molecule has 9 heteroatoms. The van der Waals surface area contributed by atoms with Crippen LogP contribution in [0.25, 0.3) is 11.2 Å². The zero-order valence-corrected chi connectivity index (χ0v) is 22.7. The molecule has 0 radical (unpaired) electrons. The molecule has 0 bridgehead atoms. The van der Waals surface area contributed by atoms with Crippen molar-refractivity contribution in [3.8, 4) is 0 Å². The summed E-state index contributed by atoms with van der Waals surface area (Å²) in [5.74, 6) is 0. The zero-order valence-electron chi connectivity index (χ0n) is 21.8. The van der Waals surface area contributed by atoms with E-state index in [1.165, 1.54) is 0 Å². The average Bonchev–Trinajstić information content (AvgIpc) is 3.45. The number of fused-ring (bicyclic) bond motifs is 1. The maximum atomic E-state index is 6.63. The monoisotopic (exact) mass is 554 g/mol. The van der Waals surface area contributed by atoms with Gasteiger partial charge in [-0.05, 0) is 16.7 Å². The number of hydrogen-bond donors (Lipinski definition) is 1. The van der Waals surface area contributed by atoms with E-state index in [0.717, 1.165) is 16.7 Å². The summed E-state index contributed by atoms with van der Waals surface area (Å²) in [5, 5.41) is 0. The Morgan fingerprint density at radius 1 is 0.750 bits per heavy atom. The van der Waals surface area contributed by atoms with Crippen LogP contribution in [0.3, 0.4) is 0 Å². The normalized spacial score (nSPS) is 21.0. The number of nitrogens with one attached hydrogen (secondary N) is 1. The van der Waals surface area contributed by atoms with Crippen LogP contribution in [-0.2, 0) is 38.8 Å². The average molecular weight is 555 g/mol. The SMILES string of the molecule is S=c1nc[nH]c2c1ncn2C1OCC(OCc2ccccc2)C(OCc2ccccc2)C1OCc1ccccc1. The van der Waals surface area contributed by atoms with E-state index >= 15 is 0 Å². The van der Waals surface area contributed by atoms with Crippen LogP contribution in [0.5, 0.6) is 0 Å². The van der Waals surface area contributed by atoms with Gasteiger partial charge in [0, 0.05) is 0 Å². The predicted molar refractivity (Wildman–Crippen MR) is 153 cm³/mol. The van der Waals surface area contributed by atoms with Gasteiger partial charge in [-0.1, -0.05) is 103 Å². The minimum atomic E-state index is -0.542. The number of aromatic amines is 1. The van der Waals surface area contributed by atoms with Gasteiger partial charge in [-0.3, -0.25) is 4.57 Å². The first-order valence-corrected chi connectivity index (χ1v) is 13.7. The fraction of sp³-hybridized carbons (Fsp3) is 0.258. The molecule has 3 heterocycles. The van der Waals surface area contributed by atoms with E-state index in [9.17, 15) is 0 Å². The molecule has 1 N–H and O–H groups in total. The fourth-order valence-corrected chi connectivity index (χ4v) is 5.10. The second-order valence-electron chi connectivity index (χ2n) is 9.64. The fourth-order valence-electron chi connectivity index (χ4n) is 4.90. The minimum absolute atomic E-state index is 0.313. The first-order valence-electron chi connectivity index (χ1n) is 13.2. The van der Waals surface area contributed by atoms with Crippen LogP contribution in [0.2, 0.25) is 0 Å². The third kappa shape index (κ3) is 6.04. The van der Waals surface area contributed by atoms with Crippen LogP contribution >= 0.6 is 12.2 Å². The molecular formula is C31H30N4O4S. The van der Waals surface area contributed by atoms with Crippen LogP contribution in [0.1, 0.15) is 22.9 Å². The van der Waals surface area contributed by atoms with Crippen LogP contribution < -0.4 is 0 Å². The van der Waals surface area contributed by atoms with E-state index in [2.05, 4.69) is 15.0 Å². The molecule has 2 aromatic heterocycles. The molecule has 8 nitrogen and oxygen atoms in total. The van der Waals surface area contributed by atoms with Gasteiger partial charge in [0.2, 0.25) is 0 Å². The van der Waals surface area contributed by atoms with Gasteiger partial charge >= 0.3 is 0 Å². The Morgan fingerprint density at radius 2 is 1.30 bits per heavy atom. The topological polar surface area (TPSA) is 83.4 Å². The van der Waals surface area contributed by atoms with Gasteiger partial charge in [0.1, 0.15) is 29.5 Å². The third-order valence-electron chi connectivity index (χ3n) is 6.93. The summed E-state index contributed by atoms with van der Waals surface area (Å²) in [6.07, 6.45) is 1.41. The predicted octanol–water partition coefficient (Wildman–Crippen LogP) is 5.77. The number of imidazole rings is 1. The Bertz CT molecular complexity index is 1560. The lowest BCUT2D eigenvalue weighted by molar-refractivity contribution is -0.255. The van der Waals surface area contributed by atoms with Gasteiger partial charge in [0.15, 0.2) is 10.9 Å². The number of ether oxygens (including phenoxy) is 4. The molecular weight excluding hydrogens is 524 g/mol. The number of hydrogen-bond acceptors (Lipinski definition) is 7. The summed E-state index contributed by atoms with van der Waals surface area (Å²) in [6.45, 7) is 1.54. The highest BCUT2D eigenvalue weighted by Gasteiger charge is 2.44. The molecule has 1 fully saturated rings. The Kier molecular flexibility index (Phi) is 8.36. The Labute approximate surface area is 237 Å². The van der Waals surface area contributed by atoms with Crippen molar-refractivity contribution in [3.05, 3.63) is 125 Å². The summed E-state index contributed by atoms with van der Waals surface area (Å²) in [7, 11) is 0. The van der Waals surface area contributed by atoms with Gasteiger partial charge in [-0.15, -0.1) is 0 Å². The van der Waals surface area contributed by atoms with E-state index in [4.69, 9.17) is 31.2 Å². The lowest BCUT2D eigenvalue weighted by Crippen LogP contribution is -2.54. The highest BCUT2D eigenvalue weighted by atomic mass is 32.1. The molecule has 0 spiro atoms. The van der Waals surface area contributed by atoms with Gasteiger partial charge in [-0.2, -0.15) is 0 Å². The van der Waals surface area contributed by atoms with Crippen LogP contribution in [0, 0.1) is 4.64 Å². The first-order chi connectivity index (χ1) is 19.8. The molecule has 0 saturated carbocycles.